The normalized spacial score (nSPS) is 12.9. The molecule has 0 spiro atoms. The highest BCUT2D eigenvalue weighted by Crippen LogP contribution is 2.33. The van der Waals surface area contributed by atoms with Crippen LogP contribution in [0.15, 0.2) is 30.3 Å². The number of hydrogen-bond donors (Lipinski definition) is 1. The minimum Gasteiger partial charge on any atom is -0.469 e. The zero-order valence-corrected chi connectivity index (χ0v) is 12.3. The van der Waals surface area contributed by atoms with Gasteiger partial charge in [0.25, 0.3) is 4.33 Å². The molecule has 1 aromatic carbocycles. The number of benzene rings is 1. The molecule has 1 heterocycles. The molecule has 6 heteroatoms. The van der Waals surface area contributed by atoms with Gasteiger partial charge in [-0.15, -0.1) is 11.3 Å². The van der Waals surface area contributed by atoms with Gasteiger partial charge in [-0.2, -0.15) is 5.26 Å². The van der Waals surface area contributed by atoms with E-state index in [-0.39, 0.29) is 6.10 Å². The fourth-order valence-corrected chi connectivity index (χ4v) is 2.70. The maximum Gasteiger partial charge on any atom is 0.277 e. The first kappa shape index (κ1) is 14.1. The molecule has 2 rings (SSSR count). The number of nitriles is 1. The van der Waals surface area contributed by atoms with Crippen LogP contribution in [0, 0.1) is 16.7 Å². The van der Waals surface area contributed by atoms with Crippen molar-refractivity contribution in [3.05, 3.63) is 35.2 Å². The van der Waals surface area contributed by atoms with Gasteiger partial charge in [-0.25, -0.2) is 0 Å². The Morgan fingerprint density at radius 3 is 2.79 bits per heavy atom. The van der Waals surface area contributed by atoms with Gasteiger partial charge >= 0.3 is 0 Å². The number of nitrogens with zero attached hydrogens (tertiary/aromatic N) is 1. The molecule has 1 atom stereocenters. The lowest BCUT2D eigenvalue weighted by Gasteiger charge is -2.17. The third kappa shape index (κ3) is 3.01. The average Bonchev–Trinajstić information content (AvgIpc) is 2.82. The van der Waals surface area contributed by atoms with Crippen molar-refractivity contribution in [2.75, 3.05) is 0 Å². The van der Waals surface area contributed by atoms with Gasteiger partial charge in [0.2, 0.25) is 5.90 Å². The van der Waals surface area contributed by atoms with E-state index in [1.165, 1.54) is 0 Å². The summed E-state index contributed by atoms with van der Waals surface area (Å²) in [6.45, 7) is 1.79. The summed E-state index contributed by atoms with van der Waals surface area (Å²) in [7, 11) is 0. The molecule has 0 aliphatic heterocycles. The molecule has 2 aromatic rings. The molecule has 0 fully saturated rings. The lowest BCUT2D eigenvalue weighted by atomic mass is 10.2. The quantitative estimate of drug-likeness (QED) is 0.509. The average molecular weight is 313 g/mol. The Bertz CT molecular complexity index is 627. The van der Waals surface area contributed by atoms with Crippen LogP contribution in [-0.4, -0.2) is 10.2 Å². The van der Waals surface area contributed by atoms with E-state index in [4.69, 9.17) is 38.6 Å². The van der Waals surface area contributed by atoms with Crippen molar-refractivity contribution in [2.24, 2.45) is 0 Å². The number of halogens is 2. The zero-order valence-electron chi connectivity index (χ0n) is 9.98. The predicted octanol–water partition coefficient (Wildman–Crippen LogP) is 4.65. The number of rotatable bonds is 3. The van der Waals surface area contributed by atoms with Crippen LogP contribution in [-0.2, 0) is 4.74 Å². The summed E-state index contributed by atoms with van der Waals surface area (Å²) in [5, 5.41) is 17.5. The SMILES string of the molecule is CC(OC(=N)C(Cl)(Cl)C#N)c1cc2ccccc2s1. The van der Waals surface area contributed by atoms with Gasteiger partial charge in [0.05, 0.1) is 0 Å². The Hall–Kier alpha value is -1.28. The second-order valence-electron chi connectivity index (χ2n) is 3.96. The Morgan fingerprint density at radius 2 is 2.16 bits per heavy atom. The van der Waals surface area contributed by atoms with E-state index in [0.29, 0.717) is 0 Å². The van der Waals surface area contributed by atoms with Gasteiger partial charge in [0, 0.05) is 9.58 Å². The molecular weight excluding hydrogens is 303 g/mol. The van der Waals surface area contributed by atoms with Crippen LogP contribution in [0.2, 0.25) is 0 Å². The first-order valence-electron chi connectivity index (χ1n) is 5.47. The Labute approximate surface area is 124 Å². The van der Waals surface area contributed by atoms with Crippen LogP contribution < -0.4 is 0 Å². The molecule has 0 saturated heterocycles. The monoisotopic (exact) mass is 312 g/mol. The van der Waals surface area contributed by atoms with Gasteiger partial charge in [0.1, 0.15) is 12.2 Å². The predicted molar refractivity (Wildman–Crippen MR) is 79.1 cm³/mol. The molecule has 1 unspecified atom stereocenters. The van der Waals surface area contributed by atoms with Crippen molar-refractivity contribution in [2.45, 2.75) is 17.4 Å². The summed E-state index contributed by atoms with van der Waals surface area (Å²) >= 11 is 12.9. The molecule has 1 N–H and O–H groups in total. The van der Waals surface area contributed by atoms with Crippen LogP contribution in [0.3, 0.4) is 0 Å². The summed E-state index contributed by atoms with van der Waals surface area (Å²) in [4.78, 5) is 0.952. The fraction of sp³-hybridized carbons (Fsp3) is 0.231. The highest BCUT2D eigenvalue weighted by atomic mass is 35.5. The van der Waals surface area contributed by atoms with E-state index in [0.717, 1.165) is 15.0 Å². The van der Waals surface area contributed by atoms with Crippen LogP contribution in [0.1, 0.15) is 17.9 Å². The Morgan fingerprint density at radius 1 is 1.47 bits per heavy atom. The molecule has 0 aliphatic carbocycles. The van der Waals surface area contributed by atoms with Crippen molar-refractivity contribution in [1.29, 1.82) is 10.7 Å². The molecule has 1 aromatic heterocycles. The largest absolute Gasteiger partial charge is 0.469 e. The molecule has 0 aliphatic rings. The van der Waals surface area contributed by atoms with E-state index < -0.39 is 10.2 Å². The van der Waals surface area contributed by atoms with E-state index in [1.807, 2.05) is 30.3 Å². The second-order valence-corrected chi connectivity index (χ2v) is 6.40. The number of alkyl halides is 2. The zero-order chi connectivity index (χ0) is 14.0. The molecular formula is C13H10Cl2N2OS. The Balaban J connectivity index is 2.19. The number of fused-ring (bicyclic) bond motifs is 1. The minimum absolute atomic E-state index is 0.380. The lowest BCUT2D eigenvalue weighted by molar-refractivity contribution is 0.208. The van der Waals surface area contributed by atoms with E-state index in [9.17, 15) is 0 Å². The van der Waals surface area contributed by atoms with Crippen LogP contribution in [0.5, 0.6) is 0 Å². The molecule has 0 radical (unpaired) electrons. The number of hydrogen-bond acceptors (Lipinski definition) is 4. The maximum atomic E-state index is 8.73. The van der Waals surface area contributed by atoms with Gasteiger partial charge in [-0.3, -0.25) is 5.41 Å². The third-order valence-electron chi connectivity index (χ3n) is 2.57. The Kier molecular flexibility index (Phi) is 4.00. The van der Waals surface area contributed by atoms with Gasteiger partial charge in [-0.05, 0) is 24.4 Å². The van der Waals surface area contributed by atoms with E-state index in [2.05, 4.69) is 0 Å². The van der Waals surface area contributed by atoms with Gasteiger partial charge in [-0.1, -0.05) is 41.4 Å². The minimum atomic E-state index is -1.94. The maximum absolute atomic E-state index is 8.73. The van der Waals surface area contributed by atoms with Gasteiger partial charge < -0.3 is 4.74 Å². The fourth-order valence-electron chi connectivity index (χ4n) is 1.56. The molecule has 19 heavy (non-hydrogen) atoms. The topological polar surface area (TPSA) is 56.9 Å². The molecule has 98 valence electrons. The van der Waals surface area contributed by atoms with Crippen LogP contribution in [0.25, 0.3) is 10.1 Å². The van der Waals surface area contributed by atoms with Crippen molar-refractivity contribution >= 4 is 50.5 Å². The smallest absolute Gasteiger partial charge is 0.277 e. The number of ether oxygens (including phenoxy) is 1. The summed E-state index contributed by atoms with van der Waals surface area (Å²) in [6.07, 6.45) is -0.380. The van der Waals surface area contributed by atoms with E-state index in [1.54, 1.807) is 24.3 Å². The summed E-state index contributed by atoms with van der Waals surface area (Å²) in [6, 6.07) is 11.6. The lowest BCUT2D eigenvalue weighted by Crippen LogP contribution is -2.26. The van der Waals surface area contributed by atoms with Gasteiger partial charge in [0.15, 0.2) is 0 Å². The van der Waals surface area contributed by atoms with Crippen molar-refractivity contribution < 1.29 is 4.74 Å². The molecule has 0 bridgehead atoms. The second kappa shape index (κ2) is 5.38. The third-order valence-corrected chi connectivity index (χ3v) is 4.35. The van der Waals surface area contributed by atoms with Crippen LogP contribution >= 0.6 is 34.5 Å². The number of thiophene rings is 1. The molecule has 0 amide bonds. The summed E-state index contributed by atoms with van der Waals surface area (Å²) < 4.78 is 4.53. The van der Waals surface area contributed by atoms with Crippen LogP contribution in [0.4, 0.5) is 0 Å². The van der Waals surface area contributed by atoms with Crippen molar-refractivity contribution in [3.63, 3.8) is 0 Å². The highest BCUT2D eigenvalue weighted by Gasteiger charge is 2.33. The standard InChI is InChI=1S/C13H10Cl2N2OS/c1-8(18-12(17)13(14,15)7-16)11-6-9-4-2-3-5-10(9)19-11/h2-6,8,17H,1H3. The van der Waals surface area contributed by atoms with E-state index >= 15 is 0 Å². The summed E-state index contributed by atoms with van der Waals surface area (Å²) in [5.74, 6) is -0.455. The highest BCUT2D eigenvalue weighted by molar-refractivity contribution is 7.19. The molecule has 3 nitrogen and oxygen atoms in total. The van der Waals surface area contributed by atoms with Crippen molar-refractivity contribution in [1.82, 2.24) is 0 Å². The first-order chi connectivity index (χ1) is 8.94. The number of nitrogens with one attached hydrogen (secondary N) is 1. The summed E-state index contributed by atoms with van der Waals surface area (Å²) in [5.41, 5.74) is 0. The first-order valence-corrected chi connectivity index (χ1v) is 7.04. The molecule has 0 saturated carbocycles. The van der Waals surface area contributed by atoms with Crippen molar-refractivity contribution in [3.8, 4) is 6.07 Å².